The van der Waals surface area contributed by atoms with Crippen molar-refractivity contribution in [3.8, 4) is 0 Å². The Kier molecular flexibility index (Phi) is 6.42. The number of benzene rings is 1. The minimum absolute atomic E-state index is 0.0677. The molecule has 106 valence electrons. The molecule has 0 fully saturated rings. The van der Waals surface area contributed by atoms with E-state index >= 15 is 0 Å². The zero-order valence-electron chi connectivity index (χ0n) is 11.2. The molecule has 19 heavy (non-hydrogen) atoms. The van der Waals surface area contributed by atoms with Crippen molar-refractivity contribution >= 4 is 21.8 Å². The molecule has 0 atom stereocenters. The van der Waals surface area contributed by atoms with Gasteiger partial charge in [0, 0.05) is 25.0 Å². The van der Waals surface area contributed by atoms with Crippen LogP contribution < -0.4 is 0 Å². The Balaban J connectivity index is 2.69. The van der Waals surface area contributed by atoms with Gasteiger partial charge < -0.3 is 4.90 Å². The molecule has 0 heterocycles. The Hall–Kier alpha value is -0.970. The van der Waals surface area contributed by atoms with Gasteiger partial charge in [0.1, 0.15) is 11.6 Å². The van der Waals surface area contributed by atoms with Gasteiger partial charge in [-0.3, -0.25) is 4.79 Å². The highest BCUT2D eigenvalue weighted by Crippen LogP contribution is 2.16. The summed E-state index contributed by atoms with van der Waals surface area (Å²) in [6.45, 7) is 2.09. The first-order valence-electron chi connectivity index (χ1n) is 6.24. The van der Waals surface area contributed by atoms with E-state index in [1.807, 2.05) is 0 Å². The first-order valence-corrected chi connectivity index (χ1v) is 7.36. The zero-order chi connectivity index (χ0) is 14.4. The fraction of sp³-hybridized carbons (Fsp3) is 0.500. The molecule has 0 aliphatic heterocycles. The van der Waals surface area contributed by atoms with Crippen LogP contribution in [-0.2, 0) is 0 Å². The van der Waals surface area contributed by atoms with Crippen LogP contribution in [0.4, 0.5) is 8.78 Å². The number of hydrogen-bond acceptors (Lipinski definition) is 1. The van der Waals surface area contributed by atoms with Crippen LogP contribution in [0.5, 0.6) is 0 Å². The predicted octanol–water partition coefficient (Wildman–Crippen LogP) is 3.91. The average Bonchev–Trinajstić information content (AvgIpc) is 2.38. The van der Waals surface area contributed by atoms with Crippen molar-refractivity contribution in [2.75, 3.05) is 18.9 Å². The third-order valence-corrected chi connectivity index (χ3v) is 3.51. The number of amides is 1. The standard InChI is InChI=1S/C14H18BrF2NO/c1-10-8-11(13(17)9-12(10)16)14(19)18(2)7-5-3-4-6-15/h8-9H,3-7H2,1-2H3. The second kappa shape index (κ2) is 7.58. The molecule has 0 aromatic heterocycles. The lowest BCUT2D eigenvalue weighted by Crippen LogP contribution is -2.28. The third-order valence-electron chi connectivity index (χ3n) is 2.95. The van der Waals surface area contributed by atoms with Crippen molar-refractivity contribution in [1.29, 1.82) is 0 Å². The summed E-state index contributed by atoms with van der Waals surface area (Å²) in [5.41, 5.74) is 0.208. The third kappa shape index (κ3) is 4.56. The van der Waals surface area contributed by atoms with Crippen LogP contribution in [0, 0.1) is 18.6 Å². The van der Waals surface area contributed by atoms with E-state index in [1.54, 1.807) is 7.05 Å². The van der Waals surface area contributed by atoms with Crippen molar-refractivity contribution in [2.45, 2.75) is 26.2 Å². The SMILES string of the molecule is Cc1cc(C(=O)N(C)CCCCCBr)c(F)cc1F. The molecule has 0 radical (unpaired) electrons. The number of carbonyl (C=O) groups is 1. The summed E-state index contributed by atoms with van der Waals surface area (Å²) < 4.78 is 26.7. The van der Waals surface area contributed by atoms with Crippen LogP contribution in [0.1, 0.15) is 35.2 Å². The van der Waals surface area contributed by atoms with E-state index in [2.05, 4.69) is 15.9 Å². The summed E-state index contributed by atoms with van der Waals surface area (Å²) in [7, 11) is 1.63. The van der Waals surface area contributed by atoms with E-state index in [0.717, 1.165) is 30.7 Å². The molecule has 0 unspecified atom stereocenters. The molecule has 0 aliphatic rings. The van der Waals surface area contributed by atoms with Crippen LogP contribution >= 0.6 is 15.9 Å². The van der Waals surface area contributed by atoms with Gasteiger partial charge in [0.15, 0.2) is 0 Å². The van der Waals surface area contributed by atoms with Crippen molar-refractivity contribution in [3.05, 3.63) is 34.9 Å². The Morgan fingerprint density at radius 2 is 1.89 bits per heavy atom. The van der Waals surface area contributed by atoms with Crippen molar-refractivity contribution < 1.29 is 13.6 Å². The van der Waals surface area contributed by atoms with Gasteiger partial charge in [-0.25, -0.2) is 8.78 Å². The number of nitrogens with zero attached hydrogens (tertiary/aromatic N) is 1. The number of carbonyl (C=O) groups excluding carboxylic acids is 1. The van der Waals surface area contributed by atoms with Crippen LogP contribution in [0.15, 0.2) is 12.1 Å². The molecule has 0 bridgehead atoms. The maximum Gasteiger partial charge on any atom is 0.256 e. The van der Waals surface area contributed by atoms with Crippen molar-refractivity contribution in [3.63, 3.8) is 0 Å². The Labute approximate surface area is 120 Å². The normalized spacial score (nSPS) is 10.6. The lowest BCUT2D eigenvalue weighted by atomic mass is 10.1. The average molecular weight is 334 g/mol. The van der Waals surface area contributed by atoms with Gasteiger partial charge in [0.2, 0.25) is 0 Å². The highest BCUT2D eigenvalue weighted by molar-refractivity contribution is 9.09. The summed E-state index contributed by atoms with van der Waals surface area (Å²) in [6.07, 6.45) is 2.93. The molecule has 0 aliphatic carbocycles. The van der Waals surface area contributed by atoms with Gasteiger partial charge in [-0.2, -0.15) is 0 Å². The molecular weight excluding hydrogens is 316 g/mol. The maximum atomic E-state index is 13.6. The number of halogens is 3. The number of unbranched alkanes of at least 4 members (excludes halogenated alkanes) is 2. The van der Waals surface area contributed by atoms with Crippen LogP contribution in [0.3, 0.4) is 0 Å². The monoisotopic (exact) mass is 333 g/mol. The van der Waals surface area contributed by atoms with E-state index in [9.17, 15) is 13.6 Å². The summed E-state index contributed by atoms with van der Waals surface area (Å²) in [6, 6.07) is 2.03. The molecule has 0 saturated heterocycles. The van der Waals surface area contributed by atoms with Gasteiger partial charge in [-0.05, 0) is 31.4 Å². The predicted molar refractivity (Wildman–Crippen MR) is 75.7 cm³/mol. The van der Waals surface area contributed by atoms with E-state index in [-0.39, 0.29) is 11.1 Å². The first-order chi connectivity index (χ1) is 8.97. The maximum absolute atomic E-state index is 13.6. The minimum atomic E-state index is -0.805. The zero-order valence-corrected chi connectivity index (χ0v) is 12.8. The first kappa shape index (κ1) is 16.1. The van der Waals surface area contributed by atoms with Gasteiger partial charge in [0.05, 0.1) is 5.56 Å². The molecule has 5 heteroatoms. The van der Waals surface area contributed by atoms with Gasteiger partial charge in [-0.1, -0.05) is 22.4 Å². The van der Waals surface area contributed by atoms with Gasteiger partial charge >= 0.3 is 0 Å². The van der Waals surface area contributed by atoms with Gasteiger partial charge in [0.25, 0.3) is 5.91 Å². The molecule has 0 saturated carbocycles. The Bertz CT molecular complexity index is 451. The Morgan fingerprint density at radius 1 is 1.21 bits per heavy atom. The lowest BCUT2D eigenvalue weighted by molar-refractivity contribution is 0.0788. The molecule has 0 N–H and O–H groups in total. The number of alkyl halides is 1. The lowest BCUT2D eigenvalue weighted by Gasteiger charge is -2.17. The molecule has 0 spiro atoms. The molecular formula is C14H18BrF2NO. The molecule has 2 nitrogen and oxygen atoms in total. The topological polar surface area (TPSA) is 20.3 Å². The number of hydrogen-bond donors (Lipinski definition) is 0. The van der Waals surface area contributed by atoms with Gasteiger partial charge in [-0.15, -0.1) is 0 Å². The minimum Gasteiger partial charge on any atom is -0.342 e. The van der Waals surface area contributed by atoms with E-state index < -0.39 is 17.5 Å². The highest BCUT2D eigenvalue weighted by Gasteiger charge is 2.17. The second-order valence-corrected chi connectivity index (χ2v) is 5.35. The summed E-state index contributed by atoms with van der Waals surface area (Å²) in [5, 5.41) is 0.941. The quantitative estimate of drug-likeness (QED) is 0.571. The number of rotatable bonds is 6. The van der Waals surface area contributed by atoms with Crippen LogP contribution in [-0.4, -0.2) is 29.7 Å². The van der Waals surface area contributed by atoms with Crippen LogP contribution in [0.2, 0.25) is 0 Å². The molecule has 1 aromatic rings. The van der Waals surface area contributed by atoms with E-state index in [0.29, 0.717) is 6.54 Å². The fourth-order valence-corrected chi connectivity index (χ4v) is 2.15. The smallest absolute Gasteiger partial charge is 0.256 e. The second-order valence-electron chi connectivity index (χ2n) is 4.56. The summed E-state index contributed by atoms with van der Waals surface area (Å²) in [4.78, 5) is 13.5. The van der Waals surface area contributed by atoms with Crippen LogP contribution in [0.25, 0.3) is 0 Å². The largest absolute Gasteiger partial charge is 0.342 e. The number of aryl methyl sites for hydroxylation is 1. The van der Waals surface area contributed by atoms with E-state index in [1.165, 1.54) is 17.9 Å². The molecule has 1 rings (SSSR count). The highest BCUT2D eigenvalue weighted by atomic mass is 79.9. The van der Waals surface area contributed by atoms with Crippen molar-refractivity contribution in [2.24, 2.45) is 0 Å². The van der Waals surface area contributed by atoms with Crippen molar-refractivity contribution in [1.82, 2.24) is 4.90 Å². The molecule has 1 aromatic carbocycles. The molecule has 1 amide bonds. The Morgan fingerprint density at radius 3 is 2.53 bits per heavy atom. The fourth-order valence-electron chi connectivity index (χ4n) is 1.75. The summed E-state index contributed by atoms with van der Waals surface area (Å²) in [5.74, 6) is -1.84. The van der Waals surface area contributed by atoms with E-state index in [4.69, 9.17) is 0 Å². The summed E-state index contributed by atoms with van der Waals surface area (Å²) >= 11 is 3.34.